The molecule has 1 aromatic rings. The number of thioether (sulfide) groups is 1. The second-order valence-corrected chi connectivity index (χ2v) is 4.47. The van der Waals surface area contributed by atoms with Gasteiger partial charge in [-0.15, -0.1) is 0 Å². The van der Waals surface area contributed by atoms with Gasteiger partial charge < -0.3 is 5.73 Å². The SMILES string of the molecule is CSCC(N)Cc1ccc(F)cc1Cl. The van der Waals surface area contributed by atoms with Crippen LogP contribution >= 0.6 is 23.4 Å². The Hall–Kier alpha value is -0.250. The Labute approximate surface area is 92.8 Å². The molecule has 0 saturated heterocycles. The van der Waals surface area contributed by atoms with E-state index in [1.54, 1.807) is 17.8 Å². The van der Waals surface area contributed by atoms with Crippen molar-refractivity contribution in [2.75, 3.05) is 12.0 Å². The van der Waals surface area contributed by atoms with E-state index in [-0.39, 0.29) is 11.9 Å². The highest BCUT2D eigenvalue weighted by Gasteiger charge is 2.07. The lowest BCUT2D eigenvalue weighted by molar-refractivity contribution is 0.626. The fraction of sp³-hybridized carbons (Fsp3) is 0.400. The first kappa shape index (κ1) is 11.8. The monoisotopic (exact) mass is 233 g/mol. The van der Waals surface area contributed by atoms with E-state index in [0.717, 1.165) is 11.3 Å². The summed E-state index contributed by atoms with van der Waals surface area (Å²) in [5, 5.41) is 0.460. The van der Waals surface area contributed by atoms with E-state index in [1.165, 1.54) is 12.1 Å². The lowest BCUT2D eigenvalue weighted by Gasteiger charge is -2.10. The quantitative estimate of drug-likeness (QED) is 0.866. The number of rotatable bonds is 4. The predicted octanol–water partition coefficient (Wildman–Crippen LogP) is 2.71. The van der Waals surface area contributed by atoms with Crippen LogP contribution in [-0.4, -0.2) is 18.1 Å². The van der Waals surface area contributed by atoms with Crippen LogP contribution in [0.1, 0.15) is 5.56 Å². The number of hydrogen-bond acceptors (Lipinski definition) is 2. The zero-order valence-electron chi connectivity index (χ0n) is 7.97. The molecular weight excluding hydrogens is 221 g/mol. The third-order valence-electron chi connectivity index (χ3n) is 1.88. The van der Waals surface area contributed by atoms with Crippen molar-refractivity contribution in [1.29, 1.82) is 0 Å². The van der Waals surface area contributed by atoms with Gasteiger partial charge in [0.05, 0.1) is 0 Å². The lowest BCUT2D eigenvalue weighted by atomic mass is 10.1. The Balaban J connectivity index is 2.67. The first-order valence-electron chi connectivity index (χ1n) is 4.32. The van der Waals surface area contributed by atoms with Gasteiger partial charge in [0, 0.05) is 16.8 Å². The molecule has 1 aromatic carbocycles. The summed E-state index contributed by atoms with van der Waals surface area (Å²) in [5.41, 5.74) is 6.76. The van der Waals surface area contributed by atoms with Crippen molar-refractivity contribution < 1.29 is 4.39 Å². The molecule has 1 atom stereocenters. The number of benzene rings is 1. The summed E-state index contributed by atoms with van der Waals surface area (Å²) in [6.07, 6.45) is 2.70. The number of nitrogens with two attached hydrogens (primary N) is 1. The summed E-state index contributed by atoms with van der Waals surface area (Å²) in [5.74, 6) is 0.574. The van der Waals surface area contributed by atoms with Gasteiger partial charge in [-0.25, -0.2) is 4.39 Å². The van der Waals surface area contributed by atoms with Gasteiger partial charge in [0.1, 0.15) is 5.82 Å². The fourth-order valence-corrected chi connectivity index (χ4v) is 2.03. The third-order valence-corrected chi connectivity index (χ3v) is 2.99. The van der Waals surface area contributed by atoms with Crippen LogP contribution in [0.5, 0.6) is 0 Å². The van der Waals surface area contributed by atoms with Crippen LogP contribution in [-0.2, 0) is 6.42 Å². The van der Waals surface area contributed by atoms with Crippen LogP contribution in [0.25, 0.3) is 0 Å². The maximum Gasteiger partial charge on any atom is 0.124 e. The Morgan fingerprint density at radius 3 is 2.86 bits per heavy atom. The van der Waals surface area contributed by atoms with Crippen molar-refractivity contribution in [3.63, 3.8) is 0 Å². The molecular formula is C10H13ClFNS. The van der Waals surface area contributed by atoms with Crippen molar-refractivity contribution in [3.05, 3.63) is 34.6 Å². The Morgan fingerprint density at radius 1 is 1.57 bits per heavy atom. The van der Waals surface area contributed by atoms with Gasteiger partial charge in [-0.05, 0) is 30.4 Å². The molecule has 0 fully saturated rings. The predicted molar refractivity (Wildman–Crippen MR) is 61.5 cm³/mol. The molecule has 0 amide bonds. The average molecular weight is 234 g/mol. The maximum absolute atomic E-state index is 12.7. The Kier molecular flexibility index (Phi) is 4.72. The van der Waals surface area contributed by atoms with Gasteiger partial charge in [-0.1, -0.05) is 17.7 Å². The molecule has 0 saturated carbocycles. The van der Waals surface area contributed by atoms with Gasteiger partial charge in [0.25, 0.3) is 0 Å². The summed E-state index contributed by atoms with van der Waals surface area (Å²) >= 11 is 7.57. The van der Waals surface area contributed by atoms with Crippen LogP contribution in [0.2, 0.25) is 5.02 Å². The largest absolute Gasteiger partial charge is 0.327 e. The maximum atomic E-state index is 12.7. The van der Waals surface area contributed by atoms with Crippen molar-refractivity contribution in [2.45, 2.75) is 12.5 Å². The van der Waals surface area contributed by atoms with E-state index in [1.807, 2.05) is 6.26 Å². The average Bonchev–Trinajstić information content (AvgIpc) is 2.10. The molecule has 4 heteroatoms. The molecule has 2 N–H and O–H groups in total. The van der Waals surface area contributed by atoms with E-state index in [9.17, 15) is 4.39 Å². The summed E-state index contributed by atoms with van der Waals surface area (Å²) in [6.45, 7) is 0. The molecule has 0 spiro atoms. The molecule has 0 aliphatic heterocycles. The number of hydrogen-bond donors (Lipinski definition) is 1. The highest BCUT2D eigenvalue weighted by Crippen LogP contribution is 2.18. The first-order chi connectivity index (χ1) is 6.63. The second-order valence-electron chi connectivity index (χ2n) is 3.16. The standard InChI is InChI=1S/C10H13ClFNS/c1-14-6-9(13)4-7-2-3-8(12)5-10(7)11/h2-3,5,9H,4,6,13H2,1H3. The highest BCUT2D eigenvalue weighted by atomic mass is 35.5. The molecule has 0 heterocycles. The summed E-state index contributed by atoms with van der Waals surface area (Å²) < 4.78 is 12.7. The van der Waals surface area contributed by atoms with Gasteiger partial charge in [0.15, 0.2) is 0 Å². The first-order valence-corrected chi connectivity index (χ1v) is 6.09. The Morgan fingerprint density at radius 2 is 2.29 bits per heavy atom. The molecule has 1 nitrogen and oxygen atoms in total. The second kappa shape index (κ2) is 5.59. The van der Waals surface area contributed by atoms with Crippen molar-refractivity contribution in [2.24, 2.45) is 5.73 Å². The smallest absolute Gasteiger partial charge is 0.124 e. The van der Waals surface area contributed by atoms with Crippen LogP contribution in [0.3, 0.4) is 0 Å². The summed E-state index contributed by atoms with van der Waals surface area (Å²) in [6, 6.07) is 4.50. The van der Waals surface area contributed by atoms with Crippen LogP contribution in [0, 0.1) is 5.82 Å². The van der Waals surface area contributed by atoms with E-state index in [4.69, 9.17) is 17.3 Å². The summed E-state index contributed by atoms with van der Waals surface area (Å²) in [4.78, 5) is 0. The molecule has 0 aliphatic carbocycles. The lowest BCUT2D eigenvalue weighted by Crippen LogP contribution is -2.25. The summed E-state index contributed by atoms with van der Waals surface area (Å²) in [7, 11) is 0. The molecule has 14 heavy (non-hydrogen) atoms. The van der Waals surface area contributed by atoms with Crippen LogP contribution in [0.15, 0.2) is 18.2 Å². The highest BCUT2D eigenvalue weighted by molar-refractivity contribution is 7.98. The third kappa shape index (κ3) is 3.48. The van der Waals surface area contributed by atoms with Crippen LogP contribution in [0.4, 0.5) is 4.39 Å². The molecule has 0 aliphatic rings. The van der Waals surface area contributed by atoms with Gasteiger partial charge in [-0.3, -0.25) is 0 Å². The Bertz CT molecular complexity index is 306. The molecule has 0 bridgehead atoms. The minimum Gasteiger partial charge on any atom is -0.327 e. The van der Waals surface area contributed by atoms with E-state index < -0.39 is 0 Å². The van der Waals surface area contributed by atoms with Crippen LogP contribution < -0.4 is 5.73 Å². The van der Waals surface area contributed by atoms with Gasteiger partial charge >= 0.3 is 0 Å². The van der Waals surface area contributed by atoms with Crippen molar-refractivity contribution in [3.8, 4) is 0 Å². The minimum absolute atomic E-state index is 0.0768. The topological polar surface area (TPSA) is 26.0 Å². The normalized spacial score (nSPS) is 12.9. The molecule has 78 valence electrons. The van der Waals surface area contributed by atoms with E-state index in [2.05, 4.69) is 0 Å². The van der Waals surface area contributed by atoms with E-state index >= 15 is 0 Å². The van der Waals surface area contributed by atoms with Crippen molar-refractivity contribution in [1.82, 2.24) is 0 Å². The van der Waals surface area contributed by atoms with Crippen molar-refractivity contribution >= 4 is 23.4 Å². The molecule has 0 radical (unpaired) electrons. The zero-order chi connectivity index (χ0) is 10.6. The molecule has 0 aromatic heterocycles. The molecule has 1 rings (SSSR count). The number of halogens is 2. The minimum atomic E-state index is -0.308. The molecule has 1 unspecified atom stereocenters. The van der Waals surface area contributed by atoms with Gasteiger partial charge in [-0.2, -0.15) is 11.8 Å². The zero-order valence-corrected chi connectivity index (χ0v) is 9.54. The fourth-order valence-electron chi connectivity index (χ4n) is 1.24. The van der Waals surface area contributed by atoms with Gasteiger partial charge in [0.2, 0.25) is 0 Å². The van der Waals surface area contributed by atoms with E-state index in [0.29, 0.717) is 11.4 Å².